The van der Waals surface area contributed by atoms with Gasteiger partial charge in [-0.1, -0.05) is 26.0 Å². The van der Waals surface area contributed by atoms with E-state index in [9.17, 15) is 19.2 Å². The van der Waals surface area contributed by atoms with Crippen LogP contribution in [0.15, 0.2) is 75.2 Å². The molecular formula is C27H27N3O9S. The van der Waals surface area contributed by atoms with E-state index in [2.05, 4.69) is 4.90 Å². The van der Waals surface area contributed by atoms with Crippen LogP contribution in [0.2, 0.25) is 0 Å². The van der Waals surface area contributed by atoms with Gasteiger partial charge in [0.25, 0.3) is 5.09 Å². The van der Waals surface area contributed by atoms with Crippen molar-refractivity contribution in [3.05, 3.63) is 70.2 Å². The molecule has 1 saturated heterocycles. The number of para-hydroxylation sites is 2. The third-order valence-corrected chi connectivity index (χ3v) is 11.9. The molecule has 6 rings (SSSR count). The first-order chi connectivity index (χ1) is 19.0. The van der Waals surface area contributed by atoms with E-state index in [-0.39, 0.29) is 16.2 Å². The minimum atomic E-state index is -6.68. The molecule has 12 nitrogen and oxygen atoms in total. The number of fused-ring (bicyclic) bond motifs is 1. The third kappa shape index (κ3) is 3.40. The summed E-state index contributed by atoms with van der Waals surface area (Å²) in [6.07, 6.45) is 4.78. The molecule has 0 aliphatic carbocycles. The van der Waals surface area contributed by atoms with Crippen molar-refractivity contribution < 1.29 is 40.6 Å². The van der Waals surface area contributed by atoms with Gasteiger partial charge in [-0.15, -0.1) is 0 Å². The summed E-state index contributed by atoms with van der Waals surface area (Å²) in [5.74, 6) is -4.69. The quantitative estimate of drug-likeness (QED) is 0.494. The van der Waals surface area contributed by atoms with Crippen LogP contribution in [0, 0.1) is 5.92 Å². The number of likely N-dealkylation sites (N-methyl/N-ethyl adjacent to an activating group) is 1. The lowest BCUT2D eigenvalue weighted by atomic mass is 10.1. The number of hydrogen-bond acceptors (Lipinski definition) is 12. The number of carbonyl (C=O) groups is 4. The second kappa shape index (κ2) is 8.32. The number of rotatable bonds is 1. The zero-order chi connectivity index (χ0) is 28.3. The Balaban J connectivity index is 1.76. The summed E-state index contributed by atoms with van der Waals surface area (Å²) in [6.45, 7) is 5.96. The van der Waals surface area contributed by atoms with Crippen LogP contribution in [0.25, 0.3) is 0 Å². The molecule has 210 valence electrons. The Labute approximate surface area is 229 Å². The number of piperazine rings is 1. The molecule has 5 aliphatic heterocycles. The van der Waals surface area contributed by atoms with E-state index in [1.165, 1.54) is 6.08 Å². The summed E-state index contributed by atoms with van der Waals surface area (Å²) in [5, 5.41) is -0.442. The number of nitrogens with zero attached hydrogens (tertiary/aromatic N) is 3. The number of hydrogen-bond donors (Lipinski definition) is 0. The van der Waals surface area contributed by atoms with Gasteiger partial charge >= 0.3 is 23.9 Å². The van der Waals surface area contributed by atoms with Gasteiger partial charge in [0, 0.05) is 50.5 Å². The molecule has 0 aromatic heterocycles. The largest absolute Gasteiger partial charge is 0.438 e. The molecule has 1 spiro atoms. The fourth-order valence-electron chi connectivity index (χ4n) is 5.37. The SMILES string of the molecule is CC(C)C1=CC2=C(Oc3ccccc3N=C2N2CCN(C)CC2)S123(OC(=O)C=CC(=O)O2)OC(=O)C=CC(=O)O3. The first-order valence-electron chi connectivity index (χ1n) is 12.7. The van der Waals surface area contributed by atoms with Crippen LogP contribution in [0.1, 0.15) is 13.8 Å². The number of allylic oxidation sites excluding steroid dienone is 1. The Bertz CT molecular complexity index is 1460. The van der Waals surface area contributed by atoms with Crippen molar-refractivity contribution in [1.82, 2.24) is 9.80 Å². The minimum Gasteiger partial charge on any atom is -0.438 e. The highest BCUT2D eigenvalue weighted by molar-refractivity contribution is 8.57. The van der Waals surface area contributed by atoms with E-state index in [1.54, 1.807) is 38.1 Å². The van der Waals surface area contributed by atoms with Crippen LogP contribution in [0.4, 0.5) is 5.69 Å². The summed E-state index contributed by atoms with van der Waals surface area (Å²) >= 11 is 0. The van der Waals surface area contributed by atoms with Crippen molar-refractivity contribution in [3.8, 4) is 5.75 Å². The van der Waals surface area contributed by atoms with E-state index >= 15 is 0 Å². The average molecular weight is 570 g/mol. The maximum Gasteiger partial charge on any atom is 0.348 e. The summed E-state index contributed by atoms with van der Waals surface area (Å²) in [7, 11) is -4.67. The first kappa shape index (κ1) is 25.9. The molecule has 0 amide bonds. The van der Waals surface area contributed by atoms with Gasteiger partial charge in [0.2, 0.25) is 9.42 Å². The van der Waals surface area contributed by atoms with E-state index in [0.29, 0.717) is 24.6 Å². The van der Waals surface area contributed by atoms with Crippen molar-refractivity contribution in [2.45, 2.75) is 13.8 Å². The molecule has 40 heavy (non-hydrogen) atoms. The van der Waals surface area contributed by atoms with Crippen LogP contribution in [0.5, 0.6) is 5.75 Å². The number of aliphatic imine (C=N–C) groups is 1. The van der Waals surface area contributed by atoms with Gasteiger partial charge in [-0.3, -0.25) is 0 Å². The maximum atomic E-state index is 13.3. The lowest BCUT2D eigenvalue weighted by molar-refractivity contribution is -0.143. The van der Waals surface area contributed by atoms with Crippen LogP contribution in [-0.4, -0.2) is 72.7 Å². The Kier molecular flexibility index (Phi) is 5.39. The summed E-state index contributed by atoms with van der Waals surface area (Å²) in [4.78, 5) is 62.3. The monoisotopic (exact) mass is 569 g/mol. The Hall–Kier alpha value is -4.36. The van der Waals surface area contributed by atoms with Crippen molar-refractivity contribution in [2.75, 3.05) is 33.2 Å². The van der Waals surface area contributed by atoms with Gasteiger partial charge in [0.1, 0.15) is 11.5 Å². The summed E-state index contributed by atoms with van der Waals surface area (Å²) in [6, 6.07) is 6.78. The van der Waals surface area contributed by atoms with Crippen LogP contribution in [-0.2, 0) is 35.9 Å². The number of benzene rings is 1. The lowest BCUT2D eigenvalue weighted by Crippen LogP contribution is -2.52. The minimum absolute atomic E-state index is 0.0676. The molecule has 0 N–H and O–H groups in total. The van der Waals surface area contributed by atoms with E-state index in [4.69, 9.17) is 26.5 Å². The predicted molar refractivity (Wildman–Crippen MR) is 143 cm³/mol. The van der Waals surface area contributed by atoms with E-state index < -0.39 is 44.3 Å². The maximum absolute atomic E-state index is 13.3. The second-order valence-electron chi connectivity index (χ2n) is 10.2. The first-order valence-corrected chi connectivity index (χ1v) is 14.8. The fourth-order valence-corrected chi connectivity index (χ4v) is 10.4. The fraction of sp³-hybridized carbons (Fsp3) is 0.296. The molecule has 0 saturated carbocycles. The Morgan fingerprint density at radius 1 is 0.800 bits per heavy atom. The van der Waals surface area contributed by atoms with Gasteiger partial charge in [0.05, 0.1) is 10.5 Å². The third-order valence-electron chi connectivity index (χ3n) is 7.09. The topological polar surface area (TPSA) is 133 Å². The molecule has 1 aromatic carbocycles. The number of ether oxygens (including phenoxy) is 1. The molecule has 0 radical (unpaired) electrons. The molecule has 1 aromatic rings. The number of amidine groups is 1. The number of carbonyl (C=O) groups excluding carboxylic acids is 4. The van der Waals surface area contributed by atoms with Crippen molar-refractivity contribution in [2.24, 2.45) is 10.9 Å². The van der Waals surface area contributed by atoms with Crippen molar-refractivity contribution >= 4 is 44.8 Å². The highest BCUT2D eigenvalue weighted by atomic mass is 32.4. The van der Waals surface area contributed by atoms with Gasteiger partial charge < -0.3 is 31.3 Å². The molecule has 5 heterocycles. The van der Waals surface area contributed by atoms with Crippen LogP contribution in [0.3, 0.4) is 0 Å². The van der Waals surface area contributed by atoms with Crippen molar-refractivity contribution in [3.63, 3.8) is 0 Å². The summed E-state index contributed by atoms with van der Waals surface area (Å²) in [5.41, 5.74) is 0.599. The molecule has 5 aliphatic rings. The smallest absolute Gasteiger partial charge is 0.348 e. The highest BCUT2D eigenvalue weighted by Gasteiger charge is 2.84. The van der Waals surface area contributed by atoms with Gasteiger partial charge in [0.15, 0.2) is 5.75 Å². The Morgan fingerprint density at radius 3 is 1.85 bits per heavy atom. The summed E-state index contributed by atoms with van der Waals surface area (Å²) < 4.78 is 30.5. The average Bonchev–Trinajstić information content (AvgIpc) is 3.04. The highest BCUT2D eigenvalue weighted by Crippen LogP contribution is 3.04. The van der Waals surface area contributed by atoms with Crippen LogP contribution >= 0.6 is 9.42 Å². The van der Waals surface area contributed by atoms with Gasteiger partial charge in [-0.2, -0.15) is 0 Å². The zero-order valence-electron chi connectivity index (χ0n) is 22.0. The molecule has 0 bridgehead atoms. The van der Waals surface area contributed by atoms with Crippen LogP contribution < -0.4 is 4.74 Å². The van der Waals surface area contributed by atoms with E-state index in [1.807, 2.05) is 11.9 Å². The standard InChI is InChI=1S/C27H27N3O9S/c1-17(2)21-16-18-26(30-14-12-29(3)13-15-30)28-19-6-4-5-7-20(19)35-27(18)40(21,36-22(31)8-9-23(32)37-40)38-24(33)10-11-25(34)39-40/h4-11,16-17H,12-15H2,1-3H3. The molecule has 13 heteroatoms. The lowest BCUT2D eigenvalue weighted by Gasteiger charge is -2.70. The Morgan fingerprint density at radius 2 is 1.32 bits per heavy atom. The molecular weight excluding hydrogens is 542 g/mol. The second-order valence-corrected chi connectivity index (χ2v) is 14.0. The zero-order valence-corrected chi connectivity index (χ0v) is 22.8. The predicted octanol–water partition coefficient (Wildman–Crippen LogP) is 2.97. The molecule has 0 atom stereocenters. The van der Waals surface area contributed by atoms with E-state index in [0.717, 1.165) is 37.4 Å². The van der Waals surface area contributed by atoms with Crippen molar-refractivity contribution in [1.29, 1.82) is 0 Å². The van der Waals surface area contributed by atoms with Gasteiger partial charge in [-0.25, -0.2) is 24.2 Å². The van der Waals surface area contributed by atoms with Gasteiger partial charge in [-0.05, 0) is 31.2 Å². The normalized spacial score (nSPS) is 26.2. The molecule has 1 fully saturated rings. The molecule has 0 unspecified atom stereocenters.